The van der Waals surface area contributed by atoms with E-state index in [1.165, 1.54) is 5.56 Å². The van der Waals surface area contributed by atoms with Gasteiger partial charge in [0.2, 0.25) is 0 Å². The molecule has 0 aliphatic heterocycles. The smallest absolute Gasteiger partial charge is 0.132 e. The molecule has 0 spiro atoms. The first-order valence-corrected chi connectivity index (χ1v) is 6.81. The maximum absolute atomic E-state index is 4.44. The zero-order valence-electron chi connectivity index (χ0n) is 11.6. The normalized spacial score (nSPS) is 10.4. The molecule has 0 saturated carbocycles. The lowest BCUT2D eigenvalue weighted by molar-refractivity contribution is 0.859. The maximum atomic E-state index is 4.44. The molecule has 0 unspecified atom stereocenters. The summed E-state index contributed by atoms with van der Waals surface area (Å²) in [5.41, 5.74) is 3.34. The molecule has 2 aromatic heterocycles. The van der Waals surface area contributed by atoms with Crippen LogP contribution in [-0.4, -0.2) is 21.5 Å². The zero-order valence-corrected chi connectivity index (χ0v) is 11.6. The van der Waals surface area contributed by atoms with Crippen molar-refractivity contribution >= 4 is 5.82 Å². The van der Waals surface area contributed by atoms with Gasteiger partial charge in [0.05, 0.1) is 5.69 Å². The van der Waals surface area contributed by atoms with Crippen LogP contribution in [0.2, 0.25) is 0 Å². The molecule has 0 bridgehead atoms. The first-order chi connectivity index (χ1) is 9.35. The Kier molecular flexibility index (Phi) is 4.84. The van der Waals surface area contributed by atoms with Crippen LogP contribution in [0.1, 0.15) is 37.2 Å². The van der Waals surface area contributed by atoms with E-state index in [1.54, 1.807) is 6.33 Å². The van der Waals surface area contributed by atoms with Gasteiger partial charge < -0.3 is 5.32 Å². The second-order valence-electron chi connectivity index (χ2n) is 4.43. The van der Waals surface area contributed by atoms with Crippen LogP contribution in [0.15, 0.2) is 30.7 Å². The van der Waals surface area contributed by atoms with Crippen molar-refractivity contribution in [3.05, 3.63) is 47.7 Å². The first-order valence-electron chi connectivity index (χ1n) is 6.81. The van der Waals surface area contributed by atoms with Gasteiger partial charge in [0.1, 0.15) is 12.1 Å². The van der Waals surface area contributed by atoms with Crippen molar-refractivity contribution in [3.8, 4) is 0 Å². The van der Waals surface area contributed by atoms with Gasteiger partial charge in [-0.15, -0.1) is 0 Å². The van der Waals surface area contributed by atoms with Crippen LogP contribution in [-0.2, 0) is 12.8 Å². The molecule has 0 radical (unpaired) electrons. The molecule has 19 heavy (non-hydrogen) atoms. The molecule has 0 aromatic carbocycles. The van der Waals surface area contributed by atoms with Crippen LogP contribution >= 0.6 is 0 Å². The Morgan fingerprint density at radius 1 is 1.11 bits per heavy atom. The van der Waals surface area contributed by atoms with E-state index in [9.17, 15) is 0 Å². The van der Waals surface area contributed by atoms with Gasteiger partial charge >= 0.3 is 0 Å². The van der Waals surface area contributed by atoms with E-state index in [4.69, 9.17) is 0 Å². The van der Waals surface area contributed by atoms with E-state index in [-0.39, 0.29) is 0 Å². The first kappa shape index (κ1) is 13.5. The Balaban J connectivity index is 2.30. The summed E-state index contributed by atoms with van der Waals surface area (Å²) in [7, 11) is 0. The van der Waals surface area contributed by atoms with E-state index in [2.05, 4.69) is 34.1 Å². The lowest BCUT2D eigenvalue weighted by Crippen LogP contribution is -2.09. The monoisotopic (exact) mass is 256 g/mol. The fourth-order valence-electron chi connectivity index (χ4n) is 2.11. The highest BCUT2D eigenvalue weighted by molar-refractivity contribution is 5.46. The van der Waals surface area contributed by atoms with Gasteiger partial charge in [-0.2, -0.15) is 0 Å². The van der Waals surface area contributed by atoms with Crippen molar-refractivity contribution in [2.24, 2.45) is 0 Å². The minimum Gasteiger partial charge on any atom is -0.370 e. The van der Waals surface area contributed by atoms with Crippen molar-refractivity contribution in [3.63, 3.8) is 0 Å². The molecule has 4 nitrogen and oxygen atoms in total. The van der Waals surface area contributed by atoms with Gasteiger partial charge in [0, 0.05) is 30.4 Å². The number of nitrogens with zero attached hydrogens (tertiary/aromatic N) is 3. The highest BCUT2D eigenvalue weighted by Crippen LogP contribution is 2.19. The number of anilines is 1. The minimum absolute atomic E-state index is 0.761. The number of hydrogen-bond acceptors (Lipinski definition) is 4. The van der Waals surface area contributed by atoms with Gasteiger partial charge in [0.15, 0.2) is 0 Å². The molecule has 0 fully saturated rings. The maximum Gasteiger partial charge on any atom is 0.132 e. The summed E-state index contributed by atoms with van der Waals surface area (Å²) in [5.74, 6) is 0.963. The molecule has 1 N–H and O–H groups in total. The van der Waals surface area contributed by atoms with E-state index < -0.39 is 0 Å². The number of hydrogen-bond donors (Lipinski definition) is 1. The number of nitrogens with one attached hydrogen (secondary N) is 1. The summed E-state index contributed by atoms with van der Waals surface area (Å²) in [6.07, 6.45) is 6.29. The lowest BCUT2D eigenvalue weighted by atomic mass is 10.1. The predicted molar refractivity (Wildman–Crippen MR) is 77.2 cm³/mol. The van der Waals surface area contributed by atoms with Crippen LogP contribution in [0.5, 0.6) is 0 Å². The fraction of sp³-hybridized carbons (Fsp3) is 0.400. The molecule has 0 aliphatic rings. The highest BCUT2D eigenvalue weighted by atomic mass is 15.0. The summed E-state index contributed by atoms with van der Waals surface area (Å²) in [5, 5.41) is 3.32. The van der Waals surface area contributed by atoms with Crippen LogP contribution in [0.3, 0.4) is 0 Å². The van der Waals surface area contributed by atoms with Crippen molar-refractivity contribution in [2.45, 2.75) is 33.1 Å². The molecule has 2 rings (SSSR count). The Labute approximate surface area is 114 Å². The van der Waals surface area contributed by atoms with Gasteiger partial charge in [0.25, 0.3) is 0 Å². The molecular weight excluding hydrogens is 236 g/mol. The molecule has 4 heteroatoms. The van der Waals surface area contributed by atoms with Crippen molar-refractivity contribution in [1.82, 2.24) is 15.0 Å². The van der Waals surface area contributed by atoms with E-state index in [1.807, 2.05) is 24.4 Å². The Bertz CT molecular complexity index is 511. The number of aromatic nitrogens is 3. The van der Waals surface area contributed by atoms with Crippen LogP contribution in [0.4, 0.5) is 5.82 Å². The minimum atomic E-state index is 0.761. The third-order valence-corrected chi connectivity index (χ3v) is 2.95. The molecule has 0 amide bonds. The van der Waals surface area contributed by atoms with Gasteiger partial charge in [-0.3, -0.25) is 4.98 Å². The Morgan fingerprint density at radius 3 is 2.68 bits per heavy atom. The average molecular weight is 256 g/mol. The standard InChI is InChI=1S/C15H20N4/c1-3-7-13-14(10-12-8-5-6-9-17-12)18-11-19-15(13)16-4-2/h5-6,8-9,11H,3-4,7,10H2,1-2H3,(H,16,18,19). The second kappa shape index (κ2) is 6.83. The van der Waals surface area contributed by atoms with Crippen molar-refractivity contribution < 1.29 is 0 Å². The van der Waals surface area contributed by atoms with Crippen LogP contribution < -0.4 is 5.32 Å². The van der Waals surface area contributed by atoms with E-state index in [0.717, 1.165) is 43.0 Å². The summed E-state index contributed by atoms with van der Waals surface area (Å²) in [6, 6.07) is 5.97. The second-order valence-corrected chi connectivity index (χ2v) is 4.43. The summed E-state index contributed by atoms with van der Waals surface area (Å²) >= 11 is 0. The summed E-state index contributed by atoms with van der Waals surface area (Å²) in [4.78, 5) is 13.2. The molecule has 100 valence electrons. The summed E-state index contributed by atoms with van der Waals surface area (Å²) < 4.78 is 0. The summed E-state index contributed by atoms with van der Waals surface area (Å²) in [6.45, 7) is 5.13. The molecule has 0 aliphatic carbocycles. The van der Waals surface area contributed by atoms with Gasteiger partial charge in [-0.05, 0) is 25.5 Å². The fourth-order valence-corrected chi connectivity index (χ4v) is 2.11. The number of pyridine rings is 1. The zero-order chi connectivity index (χ0) is 13.5. The molecule has 0 atom stereocenters. The third kappa shape index (κ3) is 3.50. The highest BCUT2D eigenvalue weighted by Gasteiger charge is 2.11. The Morgan fingerprint density at radius 2 is 2.00 bits per heavy atom. The molecule has 2 aromatic rings. The van der Waals surface area contributed by atoms with Crippen molar-refractivity contribution in [1.29, 1.82) is 0 Å². The molecular formula is C15H20N4. The largest absolute Gasteiger partial charge is 0.370 e. The lowest BCUT2D eigenvalue weighted by Gasteiger charge is -2.12. The molecule has 0 saturated heterocycles. The number of rotatable bonds is 6. The van der Waals surface area contributed by atoms with Crippen molar-refractivity contribution in [2.75, 3.05) is 11.9 Å². The van der Waals surface area contributed by atoms with E-state index >= 15 is 0 Å². The van der Waals surface area contributed by atoms with Gasteiger partial charge in [-0.25, -0.2) is 9.97 Å². The third-order valence-electron chi connectivity index (χ3n) is 2.95. The Hall–Kier alpha value is -1.97. The van der Waals surface area contributed by atoms with Gasteiger partial charge in [-0.1, -0.05) is 19.4 Å². The average Bonchev–Trinajstić information content (AvgIpc) is 2.44. The quantitative estimate of drug-likeness (QED) is 0.863. The molecule has 2 heterocycles. The SMILES string of the molecule is CCCc1c(Cc2ccccn2)ncnc1NCC. The topological polar surface area (TPSA) is 50.7 Å². The van der Waals surface area contributed by atoms with Crippen LogP contribution in [0.25, 0.3) is 0 Å². The van der Waals surface area contributed by atoms with E-state index in [0.29, 0.717) is 0 Å². The van der Waals surface area contributed by atoms with Crippen LogP contribution in [0, 0.1) is 0 Å². The predicted octanol–water partition coefficient (Wildman–Crippen LogP) is 2.85.